The molecule has 0 spiro atoms. The average Bonchev–Trinajstić information content (AvgIpc) is 2.77. The molecule has 20 heavy (non-hydrogen) atoms. The monoisotopic (exact) mass is 277 g/mol. The number of esters is 1. The molecule has 0 saturated carbocycles. The fraction of sp³-hybridized carbons (Fsp3) is 0.357. The summed E-state index contributed by atoms with van der Waals surface area (Å²) in [4.78, 5) is 35.2. The van der Waals surface area contributed by atoms with E-state index in [9.17, 15) is 14.4 Å². The highest BCUT2D eigenvalue weighted by molar-refractivity contribution is 5.94. The molecular weight excluding hydrogens is 262 g/mol. The maximum atomic E-state index is 11.8. The topological polar surface area (TPSA) is 72.9 Å². The van der Waals surface area contributed by atoms with Crippen molar-refractivity contribution in [2.24, 2.45) is 0 Å². The molecule has 1 aromatic carbocycles. The first kappa shape index (κ1) is 14.0. The van der Waals surface area contributed by atoms with Gasteiger partial charge < -0.3 is 9.47 Å². The molecule has 1 atom stereocenters. The number of ether oxygens (including phenoxy) is 2. The predicted molar refractivity (Wildman–Crippen MR) is 68.5 cm³/mol. The van der Waals surface area contributed by atoms with Crippen LogP contribution in [0, 0.1) is 0 Å². The van der Waals surface area contributed by atoms with E-state index in [4.69, 9.17) is 9.47 Å². The fourth-order valence-corrected chi connectivity index (χ4v) is 1.96. The molecule has 0 N–H and O–H groups in total. The van der Waals surface area contributed by atoms with E-state index in [-0.39, 0.29) is 19.6 Å². The summed E-state index contributed by atoms with van der Waals surface area (Å²) in [6, 6.07) is 9.17. The van der Waals surface area contributed by atoms with Crippen molar-refractivity contribution in [3.8, 4) is 0 Å². The van der Waals surface area contributed by atoms with Gasteiger partial charge in [0.1, 0.15) is 12.7 Å². The SMILES string of the molecule is CC(=O)OC1CC(=O)N(C(=O)OCc2ccccc2)C1. The van der Waals surface area contributed by atoms with Gasteiger partial charge in [0.15, 0.2) is 0 Å². The number of likely N-dealkylation sites (tertiary alicyclic amines) is 1. The second kappa shape index (κ2) is 6.18. The summed E-state index contributed by atoms with van der Waals surface area (Å²) in [6.45, 7) is 1.41. The number of carbonyl (C=O) groups excluding carboxylic acids is 3. The van der Waals surface area contributed by atoms with Gasteiger partial charge in [-0.2, -0.15) is 0 Å². The molecule has 1 saturated heterocycles. The minimum Gasteiger partial charge on any atom is -0.460 e. The van der Waals surface area contributed by atoms with Gasteiger partial charge >= 0.3 is 12.1 Å². The zero-order chi connectivity index (χ0) is 14.5. The van der Waals surface area contributed by atoms with Crippen molar-refractivity contribution >= 4 is 18.0 Å². The highest BCUT2D eigenvalue weighted by Crippen LogP contribution is 2.16. The summed E-state index contributed by atoms with van der Waals surface area (Å²) >= 11 is 0. The van der Waals surface area contributed by atoms with Crippen molar-refractivity contribution in [1.29, 1.82) is 0 Å². The van der Waals surface area contributed by atoms with Crippen LogP contribution in [0.15, 0.2) is 30.3 Å². The van der Waals surface area contributed by atoms with Crippen LogP contribution in [0.2, 0.25) is 0 Å². The molecule has 6 nitrogen and oxygen atoms in total. The molecule has 2 rings (SSSR count). The summed E-state index contributed by atoms with van der Waals surface area (Å²) in [5.41, 5.74) is 0.837. The Morgan fingerprint density at radius 1 is 1.30 bits per heavy atom. The third-order valence-corrected chi connectivity index (χ3v) is 2.85. The van der Waals surface area contributed by atoms with E-state index in [1.807, 2.05) is 30.3 Å². The van der Waals surface area contributed by atoms with E-state index < -0.39 is 24.1 Å². The summed E-state index contributed by atoms with van der Waals surface area (Å²) in [5.74, 6) is -0.864. The number of nitrogens with zero attached hydrogens (tertiary/aromatic N) is 1. The average molecular weight is 277 g/mol. The first-order valence-corrected chi connectivity index (χ1v) is 6.24. The lowest BCUT2D eigenvalue weighted by Gasteiger charge is -2.14. The second-order valence-electron chi connectivity index (χ2n) is 4.48. The molecule has 0 bridgehead atoms. The van der Waals surface area contributed by atoms with Gasteiger partial charge in [0.2, 0.25) is 5.91 Å². The maximum absolute atomic E-state index is 11.8. The van der Waals surface area contributed by atoms with E-state index in [1.165, 1.54) is 6.92 Å². The van der Waals surface area contributed by atoms with E-state index >= 15 is 0 Å². The third kappa shape index (κ3) is 3.57. The lowest BCUT2D eigenvalue weighted by molar-refractivity contribution is -0.145. The lowest BCUT2D eigenvalue weighted by atomic mass is 10.2. The van der Waals surface area contributed by atoms with Gasteiger partial charge in [-0.05, 0) is 5.56 Å². The van der Waals surface area contributed by atoms with Gasteiger partial charge in [0.25, 0.3) is 0 Å². The highest BCUT2D eigenvalue weighted by Gasteiger charge is 2.36. The predicted octanol–water partition coefficient (Wildman–Crippen LogP) is 1.49. The highest BCUT2D eigenvalue weighted by atomic mass is 16.6. The van der Waals surface area contributed by atoms with Gasteiger partial charge in [0, 0.05) is 6.92 Å². The van der Waals surface area contributed by atoms with E-state index in [2.05, 4.69) is 0 Å². The van der Waals surface area contributed by atoms with Crippen molar-refractivity contribution in [2.75, 3.05) is 6.54 Å². The lowest BCUT2D eigenvalue weighted by Crippen LogP contribution is -2.33. The first-order chi connectivity index (χ1) is 9.56. The Balaban J connectivity index is 1.86. The Morgan fingerprint density at radius 3 is 2.65 bits per heavy atom. The summed E-state index contributed by atoms with van der Waals surface area (Å²) in [7, 11) is 0. The Bertz CT molecular complexity index is 514. The van der Waals surface area contributed by atoms with Crippen molar-refractivity contribution in [3.05, 3.63) is 35.9 Å². The molecule has 106 valence electrons. The summed E-state index contributed by atoms with van der Waals surface area (Å²) < 4.78 is 9.98. The maximum Gasteiger partial charge on any atom is 0.416 e. The van der Waals surface area contributed by atoms with Gasteiger partial charge in [-0.15, -0.1) is 0 Å². The molecule has 2 amide bonds. The minimum absolute atomic E-state index is 0.0139. The molecular formula is C14H15NO5. The Morgan fingerprint density at radius 2 is 2.00 bits per heavy atom. The quantitative estimate of drug-likeness (QED) is 0.783. The molecule has 0 aromatic heterocycles. The largest absolute Gasteiger partial charge is 0.460 e. The van der Waals surface area contributed by atoms with Crippen molar-refractivity contribution in [1.82, 2.24) is 4.90 Å². The first-order valence-electron chi connectivity index (χ1n) is 6.24. The number of amides is 2. The standard InChI is InChI=1S/C14H15NO5/c1-10(16)20-12-7-13(17)15(8-12)14(18)19-9-11-5-3-2-4-6-11/h2-6,12H,7-9H2,1H3. The normalized spacial score (nSPS) is 17.9. The Labute approximate surface area is 116 Å². The number of benzene rings is 1. The zero-order valence-electron chi connectivity index (χ0n) is 11.1. The van der Waals surface area contributed by atoms with Crippen LogP contribution in [0.25, 0.3) is 0 Å². The molecule has 0 aliphatic carbocycles. The van der Waals surface area contributed by atoms with Gasteiger partial charge in [0.05, 0.1) is 13.0 Å². The zero-order valence-corrected chi connectivity index (χ0v) is 11.1. The number of hydrogen-bond donors (Lipinski definition) is 0. The van der Waals surface area contributed by atoms with Crippen LogP contribution in [0.5, 0.6) is 0 Å². The molecule has 6 heteroatoms. The van der Waals surface area contributed by atoms with Crippen LogP contribution < -0.4 is 0 Å². The molecule has 1 heterocycles. The van der Waals surface area contributed by atoms with Crippen molar-refractivity contribution in [2.45, 2.75) is 26.1 Å². The van der Waals surface area contributed by atoms with Crippen molar-refractivity contribution < 1.29 is 23.9 Å². The van der Waals surface area contributed by atoms with Gasteiger partial charge in [-0.25, -0.2) is 9.69 Å². The number of carbonyl (C=O) groups is 3. The number of hydrogen-bond acceptors (Lipinski definition) is 5. The second-order valence-corrected chi connectivity index (χ2v) is 4.48. The summed E-state index contributed by atoms with van der Waals surface area (Å²) in [5, 5.41) is 0. The van der Waals surface area contributed by atoms with Crippen LogP contribution in [0.4, 0.5) is 4.79 Å². The third-order valence-electron chi connectivity index (χ3n) is 2.85. The van der Waals surface area contributed by atoms with Crippen LogP contribution in [0.3, 0.4) is 0 Å². The molecule has 1 aromatic rings. The molecule has 1 aliphatic heterocycles. The van der Waals surface area contributed by atoms with Crippen LogP contribution in [0.1, 0.15) is 18.9 Å². The molecule has 1 fully saturated rings. The summed E-state index contributed by atoms with van der Waals surface area (Å²) in [6.07, 6.45) is -1.28. The van der Waals surface area contributed by atoms with Crippen LogP contribution in [-0.4, -0.2) is 35.5 Å². The van der Waals surface area contributed by atoms with Crippen LogP contribution in [-0.2, 0) is 25.7 Å². The Kier molecular flexibility index (Phi) is 4.34. The van der Waals surface area contributed by atoms with Crippen molar-refractivity contribution in [3.63, 3.8) is 0 Å². The fourth-order valence-electron chi connectivity index (χ4n) is 1.96. The van der Waals surface area contributed by atoms with Crippen LogP contribution >= 0.6 is 0 Å². The van der Waals surface area contributed by atoms with E-state index in [0.29, 0.717) is 0 Å². The smallest absolute Gasteiger partial charge is 0.416 e. The molecule has 1 unspecified atom stereocenters. The number of imide groups is 1. The van der Waals surface area contributed by atoms with Gasteiger partial charge in [-0.1, -0.05) is 30.3 Å². The van der Waals surface area contributed by atoms with E-state index in [1.54, 1.807) is 0 Å². The Hall–Kier alpha value is -2.37. The molecule has 1 aliphatic rings. The minimum atomic E-state index is -0.714. The van der Waals surface area contributed by atoms with E-state index in [0.717, 1.165) is 10.5 Å². The molecule has 0 radical (unpaired) electrons. The van der Waals surface area contributed by atoms with Gasteiger partial charge in [-0.3, -0.25) is 9.59 Å². The number of rotatable bonds is 3.